The monoisotopic (exact) mass is 324 g/mol. The largest absolute Gasteiger partial charge is 0.489 e. The highest BCUT2D eigenvalue weighted by atomic mass is 79.9. The van der Waals surface area contributed by atoms with E-state index in [-0.39, 0.29) is 18.0 Å². The maximum atomic E-state index is 13.5. The van der Waals surface area contributed by atoms with Crippen molar-refractivity contribution in [1.82, 2.24) is 0 Å². The van der Waals surface area contributed by atoms with E-state index < -0.39 is 5.97 Å². The average Bonchev–Trinajstić information content (AvgIpc) is 2.38. The molecule has 2 aromatic rings. The van der Waals surface area contributed by atoms with Gasteiger partial charge >= 0.3 is 5.97 Å². The molecule has 0 radical (unpaired) electrons. The zero-order valence-corrected chi connectivity index (χ0v) is 11.4. The normalized spacial score (nSPS) is 10.2. The molecule has 0 fully saturated rings. The lowest BCUT2D eigenvalue weighted by atomic mass is 10.2. The SMILES string of the molecule is O=C(O)c1ccc(OCc2ccc(Br)cc2F)cc1. The number of halogens is 2. The molecule has 0 aromatic heterocycles. The summed E-state index contributed by atoms with van der Waals surface area (Å²) in [5.74, 6) is -0.852. The van der Waals surface area contributed by atoms with Gasteiger partial charge in [0.1, 0.15) is 18.2 Å². The van der Waals surface area contributed by atoms with Gasteiger partial charge < -0.3 is 9.84 Å². The maximum Gasteiger partial charge on any atom is 0.335 e. The molecule has 0 atom stereocenters. The smallest absolute Gasteiger partial charge is 0.335 e. The quantitative estimate of drug-likeness (QED) is 0.928. The van der Waals surface area contributed by atoms with Gasteiger partial charge in [-0.15, -0.1) is 0 Å². The lowest BCUT2D eigenvalue weighted by Gasteiger charge is -2.07. The van der Waals surface area contributed by atoms with Gasteiger partial charge in [-0.1, -0.05) is 22.0 Å². The second-order valence-corrected chi connectivity index (χ2v) is 4.77. The van der Waals surface area contributed by atoms with Gasteiger partial charge in [0.05, 0.1) is 5.56 Å². The van der Waals surface area contributed by atoms with Crippen molar-refractivity contribution in [1.29, 1.82) is 0 Å². The Balaban J connectivity index is 2.04. The Morgan fingerprint density at radius 3 is 2.47 bits per heavy atom. The van der Waals surface area contributed by atoms with Crippen molar-refractivity contribution in [2.75, 3.05) is 0 Å². The second-order valence-electron chi connectivity index (χ2n) is 3.85. The number of carbonyl (C=O) groups is 1. The predicted molar refractivity (Wildman–Crippen MR) is 71.8 cm³/mol. The number of carboxylic acid groups (broad SMARTS) is 1. The average molecular weight is 325 g/mol. The Morgan fingerprint density at radius 2 is 1.89 bits per heavy atom. The Morgan fingerprint density at radius 1 is 1.21 bits per heavy atom. The fourth-order valence-corrected chi connectivity index (χ4v) is 1.83. The highest BCUT2D eigenvalue weighted by Gasteiger charge is 2.05. The number of carboxylic acids is 1. The first-order valence-corrected chi connectivity index (χ1v) is 6.25. The molecule has 98 valence electrons. The fraction of sp³-hybridized carbons (Fsp3) is 0.0714. The molecule has 0 aliphatic carbocycles. The number of hydrogen-bond acceptors (Lipinski definition) is 2. The van der Waals surface area contributed by atoms with E-state index in [4.69, 9.17) is 9.84 Å². The lowest BCUT2D eigenvalue weighted by molar-refractivity contribution is 0.0697. The summed E-state index contributed by atoms with van der Waals surface area (Å²) in [6, 6.07) is 10.7. The van der Waals surface area contributed by atoms with Crippen LogP contribution in [0.3, 0.4) is 0 Å². The molecule has 0 saturated heterocycles. The van der Waals surface area contributed by atoms with Gasteiger partial charge in [0.15, 0.2) is 0 Å². The van der Waals surface area contributed by atoms with Gasteiger partial charge in [-0.3, -0.25) is 0 Å². The van der Waals surface area contributed by atoms with Crippen LogP contribution in [0.15, 0.2) is 46.9 Å². The Hall–Kier alpha value is -1.88. The molecule has 0 spiro atoms. The minimum atomic E-state index is -0.995. The van der Waals surface area contributed by atoms with Gasteiger partial charge in [-0.05, 0) is 36.4 Å². The first kappa shape index (κ1) is 13.5. The van der Waals surface area contributed by atoms with Crippen LogP contribution in [-0.2, 0) is 6.61 Å². The van der Waals surface area contributed by atoms with E-state index in [1.54, 1.807) is 24.3 Å². The third-order valence-corrected chi connectivity index (χ3v) is 3.00. The summed E-state index contributed by atoms with van der Waals surface area (Å²) in [7, 11) is 0. The van der Waals surface area contributed by atoms with Gasteiger partial charge in [0, 0.05) is 10.0 Å². The van der Waals surface area contributed by atoms with Gasteiger partial charge in [0.25, 0.3) is 0 Å². The van der Waals surface area contributed by atoms with E-state index in [9.17, 15) is 9.18 Å². The van der Waals surface area contributed by atoms with E-state index in [1.807, 2.05) is 0 Å². The fourth-order valence-electron chi connectivity index (χ4n) is 1.49. The Labute approximate surface area is 117 Å². The van der Waals surface area contributed by atoms with E-state index in [0.717, 1.165) is 0 Å². The second kappa shape index (κ2) is 5.84. The summed E-state index contributed by atoms with van der Waals surface area (Å²) in [6.45, 7) is 0.0888. The Bertz CT molecular complexity index is 596. The molecule has 0 aliphatic heterocycles. The van der Waals surface area contributed by atoms with Crippen LogP contribution in [0.25, 0.3) is 0 Å². The summed E-state index contributed by atoms with van der Waals surface area (Å²) < 4.78 is 19.6. The Kier molecular flexibility index (Phi) is 4.16. The first-order valence-electron chi connectivity index (χ1n) is 5.46. The van der Waals surface area contributed by atoms with Crippen LogP contribution in [0.5, 0.6) is 5.75 Å². The number of benzene rings is 2. The molecule has 3 nitrogen and oxygen atoms in total. The molecule has 0 unspecified atom stereocenters. The first-order chi connectivity index (χ1) is 9.06. The van der Waals surface area contributed by atoms with Crippen molar-refractivity contribution in [2.24, 2.45) is 0 Å². The van der Waals surface area contributed by atoms with Crippen molar-refractivity contribution in [3.63, 3.8) is 0 Å². The summed E-state index contributed by atoms with van der Waals surface area (Å²) in [4.78, 5) is 10.7. The van der Waals surface area contributed by atoms with Crippen LogP contribution in [0.4, 0.5) is 4.39 Å². The van der Waals surface area contributed by atoms with E-state index in [0.29, 0.717) is 15.8 Å². The van der Waals surface area contributed by atoms with Crippen molar-refractivity contribution >= 4 is 21.9 Å². The number of ether oxygens (including phenoxy) is 1. The standard InChI is InChI=1S/C14H10BrFO3/c15-11-4-1-10(13(16)7-11)8-19-12-5-2-9(3-6-12)14(17)18/h1-7H,8H2,(H,17,18). The summed E-state index contributed by atoms with van der Waals surface area (Å²) in [5.41, 5.74) is 0.618. The third kappa shape index (κ3) is 3.54. The van der Waals surface area contributed by atoms with Gasteiger partial charge in [-0.25, -0.2) is 9.18 Å². The third-order valence-electron chi connectivity index (χ3n) is 2.51. The number of hydrogen-bond donors (Lipinski definition) is 1. The molecule has 0 bridgehead atoms. The van der Waals surface area contributed by atoms with E-state index >= 15 is 0 Å². The summed E-state index contributed by atoms with van der Waals surface area (Å²) in [6.07, 6.45) is 0. The van der Waals surface area contributed by atoms with Crippen LogP contribution in [0.1, 0.15) is 15.9 Å². The van der Waals surface area contributed by atoms with Crippen LogP contribution in [-0.4, -0.2) is 11.1 Å². The van der Waals surface area contributed by atoms with Crippen LogP contribution >= 0.6 is 15.9 Å². The molecule has 19 heavy (non-hydrogen) atoms. The molecule has 2 aromatic carbocycles. The molecular weight excluding hydrogens is 315 g/mol. The molecule has 0 heterocycles. The molecular formula is C14H10BrFO3. The minimum absolute atomic E-state index is 0.0888. The predicted octanol–water partition coefficient (Wildman–Crippen LogP) is 3.87. The molecule has 2 rings (SSSR count). The maximum absolute atomic E-state index is 13.5. The van der Waals surface area contributed by atoms with Crippen LogP contribution in [0, 0.1) is 5.82 Å². The highest BCUT2D eigenvalue weighted by molar-refractivity contribution is 9.10. The topological polar surface area (TPSA) is 46.5 Å². The molecule has 0 amide bonds. The van der Waals surface area contributed by atoms with E-state index in [1.165, 1.54) is 18.2 Å². The van der Waals surface area contributed by atoms with Crippen molar-refractivity contribution in [3.8, 4) is 5.75 Å². The summed E-state index contributed by atoms with van der Waals surface area (Å²) in [5, 5.41) is 8.75. The van der Waals surface area contributed by atoms with Crippen molar-refractivity contribution in [3.05, 3.63) is 63.9 Å². The van der Waals surface area contributed by atoms with Crippen molar-refractivity contribution < 1.29 is 19.0 Å². The summed E-state index contributed by atoms with van der Waals surface area (Å²) >= 11 is 3.18. The lowest BCUT2D eigenvalue weighted by Crippen LogP contribution is -1.99. The molecule has 0 saturated carbocycles. The number of rotatable bonds is 4. The van der Waals surface area contributed by atoms with Crippen molar-refractivity contribution in [2.45, 2.75) is 6.61 Å². The van der Waals surface area contributed by atoms with Crippen LogP contribution in [0.2, 0.25) is 0 Å². The minimum Gasteiger partial charge on any atom is -0.489 e. The highest BCUT2D eigenvalue weighted by Crippen LogP contribution is 2.18. The molecule has 5 heteroatoms. The zero-order chi connectivity index (χ0) is 13.8. The zero-order valence-electron chi connectivity index (χ0n) is 9.77. The van der Waals surface area contributed by atoms with Gasteiger partial charge in [-0.2, -0.15) is 0 Å². The van der Waals surface area contributed by atoms with Crippen LogP contribution < -0.4 is 4.74 Å². The molecule has 0 aliphatic rings. The van der Waals surface area contributed by atoms with Gasteiger partial charge in [0.2, 0.25) is 0 Å². The van der Waals surface area contributed by atoms with E-state index in [2.05, 4.69) is 15.9 Å². The molecule has 1 N–H and O–H groups in total. The number of aromatic carboxylic acids is 1.